The molecule has 1 aromatic carbocycles. The zero-order valence-electron chi connectivity index (χ0n) is 14.1. The summed E-state index contributed by atoms with van der Waals surface area (Å²) < 4.78 is 5.30. The normalized spacial score (nSPS) is 12.6. The second-order valence-electron chi connectivity index (χ2n) is 6.33. The highest BCUT2D eigenvalue weighted by Gasteiger charge is 2.18. The number of carbonyl (C=O) groups is 1. The molecule has 2 rings (SSSR count). The third-order valence-electron chi connectivity index (χ3n) is 3.02. The Kier molecular flexibility index (Phi) is 5.26. The number of hydrogen-bond acceptors (Lipinski definition) is 5. The van der Waals surface area contributed by atoms with Crippen molar-refractivity contribution in [1.82, 2.24) is 4.98 Å². The number of thiazole rings is 1. The van der Waals surface area contributed by atoms with Crippen LogP contribution in [0.4, 0.5) is 16.2 Å². The molecule has 1 atom stereocenters. The first-order valence-electron chi connectivity index (χ1n) is 7.52. The number of aryl methyl sites for hydroxylation is 1. The van der Waals surface area contributed by atoms with Crippen LogP contribution >= 0.6 is 11.3 Å². The molecule has 0 spiro atoms. The minimum Gasteiger partial charge on any atom is -0.444 e. The van der Waals surface area contributed by atoms with E-state index in [0.717, 1.165) is 16.4 Å². The van der Waals surface area contributed by atoms with Crippen LogP contribution in [0.25, 0.3) is 0 Å². The van der Waals surface area contributed by atoms with Gasteiger partial charge < -0.3 is 10.1 Å². The zero-order valence-corrected chi connectivity index (χ0v) is 15.0. The molecule has 1 amide bonds. The molecular weight excluding hydrogens is 310 g/mol. The van der Waals surface area contributed by atoms with Crippen LogP contribution in [0.5, 0.6) is 0 Å². The van der Waals surface area contributed by atoms with Crippen molar-refractivity contribution in [3.05, 3.63) is 40.3 Å². The molecule has 23 heavy (non-hydrogen) atoms. The van der Waals surface area contributed by atoms with E-state index in [1.54, 1.807) is 11.3 Å². The predicted octanol–water partition coefficient (Wildman–Crippen LogP) is 4.97. The number of rotatable bonds is 4. The molecule has 5 nitrogen and oxygen atoms in total. The maximum atomic E-state index is 12.0. The van der Waals surface area contributed by atoms with E-state index in [2.05, 4.69) is 15.6 Å². The number of anilines is 2. The van der Waals surface area contributed by atoms with Crippen molar-refractivity contribution in [3.8, 4) is 0 Å². The third-order valence-corrected chi connectivity index (χ3v) is 3.81. The Morgan fingerprint density at radius 1 is 1.26 bits per heavy atom. The molecule has 0 saturated carbocycles. The van der Waals surface area contributed by atoms with E-state index in [1.165, 1.54) is 0 Å². The summed E-state index contributed by atoms with van der Waals surface area (Å²) in [5, 5.41) is 9.24. The minimum atomic E-state index is -0.530. The summed E-state index contributed by atoms with van der Waals surface area (Å²) >= 11 is 1.62. The van der Waals surface area contributed by atoms with Crippen molar-refractivity contribution >= 4 is 28.8 Å². The van der Waals surface area contributed by atoms with Crippen LogP contribution in [0.1, 0.15) is 44.4 Å². The molecule has 1 unspecified atom stereocenters. The molecule has 1 heterocycles. The first-order valence-corrected chi connectivity index (χ1v) is 8.40. The van der Waals surface area contributed by atoms with Crippen LogP contribution in [0.2, 0.25) is 0 Å². The largest absolute Gasteiger partial charge is 0.444 e. The van der Waals surface area contributed by atoms with E-state index in [0.29, 0.717) is 5.69 Å². The zero-order chi connectivity index (χ0) is 17.0. The summed E-state index contributed by atoms with van der Waals surface area (Å²) in [6, 6.07) is 7.59. The van der Waals surface area contributed by atoms with E-state index in [1.807, 2.05) is 64.3 Å². The number of nitrogens with zero attached hydrogens (tertiary/aromatic N) is 1. The topological polar surface area (TPSA) is 63.2 Å². The van der Waals surface area contributed by atoms with Gasteiger partial charge in [-0.05, 0) is 46.8 Å². The Morgan fingerprint density at radius 2 is 1.91 bits per heavy atom. The van der Waals surface area contributed by atoms with Crippen molar-refractivity contribution in [2.75, 3.05) is 10.6 Å². The van der Waals surface area contributed by atoms with Gasteiger partial charge in [0.25, 0.3) is 0 Å². The number of hydrogen-bond donors (Lipinski definition) is 2. The summed E-state index contributed by atoms with van der Waals surface area (Å²) in [5.41, 5.74) is 1.97. The first-order chi connectivity index (χ1) is 10.7. The number of amides is 1. The van der Waals surface area contributed by atoms with E-state index in [-0.39, 0.29) is 6.04 Å². The summed E-state index contributed by atoms with van der Waals surface area (Å²) in [4.78, 5) is 16.5. The van der Waals surface area contributed by atoms with Crippen LogP contribution in [0.15, 0.2) is 29.6 Å². The fourth-order valence-electron chi connectivity index (χ4n) is 2.02. The van der Waals surface area contributed by atoms with Gasteiger partial charge in [0.15, 0.2) is 0 Å². The fourth-order valence-corrected chi connectivity index (χ4v) is 2.72. The molecule has 0 saturated heterocycles. The smallest absolute Gasteiger partial charge is 0.412 e. The van der Waals surface area contributed by atoms with Crippen LogP contribution in [0.3, 0.4) is 0 Å². The molecule has 1 aromatic heterocycles. The number of ether oxygens (including phenoxy) is 1. The van der Waals surface area contributed by atoms with Crippen LogP contribution in [0, 0.1) is 6.92 Å². The molecule has 124 valence electrons. The first kappa shape index (κ1) is 17.3. The lowest BCUT2D eigenvalue weighted by molar-refractivity contribution is 0.0636. The summed E-state index contributed by atoms with van der Waals surface area (Å²) in [6.45, 7) is 9.54. The predicted molar refractivity (Wildman–Crippen MR) is 95.2 cm³/mol. The molecule has 6 heteroatoms. The van der Waals surface area contributed by atoms with E-state index in [9.17, 15) is 4.79 Å². The lowest BCUT2D eigenvalue weighted by Crippen LogP contribution is -2.27. The van der Waals surface area contributed by atoms with Crippen molar-refractivity contribution in [1.29, 1.82) is 0 Å². The molecular formula is C17H23N3O2S. The highest BCUT2D eigenvalue weighted by Crippen LogP contribution is 2.27. The Hall–Kier alpha value is -2.08. The van der Waals surface area contributed by atoms with E-state index >= 15 is 0 Å². The van der Waals surface area contributed by atoms with Gasteiger partial charge in [-0.2, -0.15) is 0 Å². The maximum Gasteiger partial charge on any atom is 0.412 e. The molecule has 0 aliphatic heterocycles. The van der Waals surface area contributed by atoms with Gasteiger partial charge in [0, 0.05) is 5.38 Å². The molecule has 0 fully saturated rings. The van der Waals surface area contributed by atoms with Gasteiger partial charge in [-0.15, -0.1) is 11.3 Å². The Morgan fingerprint density at radius 3 is 2.48 bits per heavy atom. The maximum absolute atomic E-state index is 12.0. The lowest BCUT2D eigenvalue weighted by Gasteiger charge is -2.21. The molecule has 0 radical (unpaired) electrons. The number of carbonyl (C=O) groups excluding carboxylic acids is 1. The van der Waals surface area contributed by atoms with Crippen LogP contribution in [-0.2, 0) is 4.74 Å². The van der Waals surface area contributed by atoms with Gasteiger partial charge in [0.2, 0.25) is 0 Å². The molecule has 2 aromatic rings. The van der Waals surface area contributed by atoms with Gasteiger partial charge in [0.05, 0.1) is 28.1 Å². The van der Waals surface area contributed by atoms with E-state index in [4.69, 9.17) is 4.74 Å². The lowest BCUT2D eigenvalue weighted by atomic mass is 10.2. The highest BCUT2D eigenvalue weighted by molar-refractivity contribution is 7.09. The average molecular weight is 333 g/mol. The van der Waals surface area contributed by atoms with E-state index < -0.39 is 11.7 Å². The number of aromatic nitrogens is 1. The van der Waals surface area contributed by atoms with Gasteiger partial charge >= 0.3 is 6.09 Å². The van der Waals surface area contributed by atoms with Crippen molar-refractivity contribution < 1.29 is 9.53 Å². The summed E-state index contributed by atoms with van der Waals surface area (Å²) in [7, 11) is 0. The number of para-hydroxylation sites is 2. The third kappa shape index (κ3) is 5.25. The fraction of sp³-hybridized carbons (Fsp3) is 0.412. The molecule has 0 aliphatic rings. The van der Waals surface area contributed by atoms with Gasteiger partial charge in [-0.1, -0.05) is 12.1 Å². The summed E-state index contributed by atoms with van der Waals surface area (Å²) in [5.74, 6) is 0. The van der Waals surface area contributed by atoms with Gasteiger partial charge in [0.1, 0.15) is 5.60 Å². The quantitative estimate of drug-likeness (QED) is 0.829. The van der Waals surface area contributed by atoms with Crippen molar-refractivity contribution in [3.63, 3.8) is 0 Å². The minimum absolute atomic E-state index is 0.0431. The van der Waals surface area contributed by atoms with Gasteiger partial charge in [-0.3, -0.25) is 5.32 Å². The second-order valence-corrected chi connectivity index (χ2v) is 7.39. The monoisotopic (exact) mass is 333 g/mol. The molecule has 0 bridgehead atoms. The Balaban J connectivity index is 2.09. The Labute approximate surface area is 141 Å². The second kappa shape index (κ2) is 7.00. The van der Waals surface area contributed by atoms with Crippen molar-refractivity contribution in [2.45, 2.75) is 46.3 Å². The van der Waals surface area contributed by atoms with Crippen LogP contribution < -0.4 is 10.6 Å². The number of nitrogens with one attached hydrogen (secondary N) is 2. The van der Waals surface area contributed by atoms with Gasteiger partial charge in [-0.25, -0.2) is 9.78 Å². The summed E-state index contributed by atoms with van der Waals surface area (Å²) in [6.07, 6.45) is -0.469. The molecule has 2 N–H and O–H groups in total. The Bertz CT molecular complexity index is 676. The molecule has 0 aliphatic carbocycles. The standard InChI is InChI=1S/C17H23N3O2S/c1-11(15-10-23-12(2)19-15)18-13-8-6-7-9-14(13)20-16(21)22-17(3,4)5/h6-11,18H,1-5H3,(H,20,21). The number of benzene rings is 1. The SMILES string of the molecule is Cc1nc(C(C)Nc2ccccc2NC(=O)OC(C)(C)C)cs1. The van der Waals surface area contributed by atoms with Crippen molar-refractivity contribution in [2.24, 2.45) is 0 Å². The van der Waals surface area contributed by atoms with Crippen LogP contribution in [-0.4, -0.2) is 16.7 Å². The highest BCUT2D eigenvalue weighted by atomic mass is 32.1. The average Bonchev–Trinajstić information content (AvgIpc) is 2.85.